The van der Waals surface area contributed by atoms with E-state index in [0.717, 1.165) is 48.7 Å². The van der Waals surface area contributed by atoms with Gasteiger partial charge in [0.25, 0.3) is 0 Å². The molecule has 1 aromatic carbocycles. The number of carbonyl (C=O) groups is 1. The zero-order valence-electron chi connectivity index (χ0n) is 12.9. The third-order valence-electron chi connectivity index (χ3n) is 4.61. The Morgan fingerprint density at radius 3 is 2.39 bits per heavy atom. The topological polar surface area (TPSA) is 58.5 Å². The van der Waals surface area contributed by atoms with E-state index >= 15 is 0 Å². The van der Waals surface area contributed by atoms with E-state index in [0.29, 0.717) is 5.92 Å². The maximum absolute atomic E-state index is 12.0. The van der Waals surface area contributed by atoms with Crippen molar-refractivity contribution in [3.63, 3.8) is 0 Å². The van der Waals surface area contributed by atoms with E-state index in [1.807, 2.05) is 30.3 Å². The molecule has 0 radical (unpaired) electrons. The number of nitrogens with zero attached hydrogens (tertiary/aromatic N) is 4. The SMILES string of the molecule is O=C1CN=C(C2CCN(c3ncccn3)CC2)c2ccccc21. The smallest absolute Gasteiger partial charge is 0.225 e. The minimum Gasteiger partial charge on any atom is -0.341 e. The molecule has 2 aliphatic heterocycles. The molecule has 0 N–H and O–H groups in total. The normalized spacial score (nSPS) is 18.5. The molecular weight excluding hydrogens is 288 g/mol. The summed E-state index contributed by atoms with van der Waals surface area (Å²) in [6.45, 7) is 2.13. The van der Waals surface area contributed by atoms with E-state index in [4.69, 9.17) is 0 Å². The lowest BCUT2D eigenvalue weighted by Crippen LogP contribution is -2.38. The summed E-state index contributed by atoms with van der Waals surface area (Å²) in [6, 6.07) is 9.69. The number of aromatic nitrogens is 2. The first-order valence-electron chi connectivity index (χ1n) is 8.02. The number of hydrogen-bond donors (Lipinski definition) is 0. The number of fused-ring (bicyclic) bond motifs is 1. The Labute approximate surface area is 135 Å². The summed E-state index contributed by atoms with van der Waals surface area (Å²) >= 11 is 0. The molecule has 0 atom stereocenters. The second-order valence-corrected chi connectivity index (χ2v) is 5.98. The standard InChI is InChI=1S/C18H18N4O/c23-16-12-21-17(15-5-2-1-4-14(15)16)13-6-10-22(11-7-13)18-19-8-3-9-20-18/h1-5,8-9,13H,6-7,10-12H2. The van der Waals surface area contributed by atoms with Gasteiger partial charge >= 0.3 is 0 Å². The molecule has 0 aliphatic carbocycles. The van der Waals surface area contributed by atoms with Gasteiger partial charge in [0.2, 0.25) is 5.95 Å². The first-order valence-corrected chi connectivity index (χ1v) is 8.02. The Kier molecular flexibility index (Phi) is 3.61. The van der Waals surface area contributed by atoms with Crippen LogP contribution < -0.4 is 4.90 Å². The molecule has 0 saturated carbocycles. The Morgan fingerprint density at radius 1 is 0.957 bits per heavy atom. The van der Waals surface area contributed by atoms with Crippen LogP contribution >= 0.6 is 0 Å². The molecule has 5 nitrogen and oxygen atoms in total. The highest BCUT2D eigenvalue weighted by Gasteiger charge is 2.29. The molecule has 3 heterocycles. The highest BCUT2D eigenvalue weighted by atomic mass is 16.1. The lowest BCUT2D eigenvalue weighted by atomic mass is 9.84. The van der Waals surface area contributed by atoms with Crippen molar-refractivity contribution in [2.45, 2.75) is 12.8 Å². The first kappa shape index (κ1) is 14.1. The van der Waals surface area contributed by atoms with E-state index in [-0.39, 0.29) is 12.3 Å². The van der Waals surface area contributed by atoms with Crippen molar-refractivity contribution in [2.24, 2.45) is 10.9 Å². The second kappa shape index (κ2) is 5.91. The first-order chi connectivity index (χ1) is 11.3. The predicted octanol–water partition coefficient (Wildman–Crippen LogP) is 2.38. The fourth-order valence-electron chi connectivity index (χ4n) is 3.43. The average Bonchev–Trinajstić information content (AvgIpc) is 2.63. The van der Waals surface area contributed by atoms with E-state index < -0.39 is 0 Å². The fourth-order valence-corrected chi connectivity index (χ4v) is 3.43. The van der Waals surface area contributed by atoms with Gasteiger partial charge in [-0.3, -0.25) is 9.79 Å². The number of piperidine rings is 1. The summed E-state index contributed by atoms with van der Waals surface area (Å²) in [6.07, 6.45) is 5.59. The van der Waals surface area contributed by atoms with Crippen molar-refractivity contribution >= 4 is 17.4 Å². The summed E-state index contributed by atoms with van der Waals surface area (Å²) in [4.78, 5) is 27.5. The number of rotatable bonds is 2. The van der Waals surface area contributed by atoms with Gasteiger partial charge < -0.3 is 4.90 Å². The van der Waals surface area contributed by atoms with Crippen LogP contribution in [0.5, 0.6) is 0 Å². The Hall–Kier alpha value is -2.56. The van der Waals surface area contributed by atoms with Crippen molar-refractivity contribution in [3.05, 3.63) is 53.9 Å². The van der Waals surface area contributed by atoms with E-state index in [9.17, 15) is 4.79 Å². The molecule has 23 heavy (non-hydrogen) atoms. The van der Waals surface area contributed by atoms with Crippen LogP contribution in [-0.2, 0) is 0 Å². The van der Waals surface area contributed by atoms with Gasteiger partial charge in [0.15, 0.2) is 5.78 Å². The van der Waals surface area contributed by atoms with E-state index in [2.05, 4.69) is 19.9 Å². The van der Waals surface area contributed by atoms with Crippen LogP contribution in [0.25, 0.3) is 0 Å². The Bertz CT molecular complexity index is 749. The van der Waals surface area contributed by atoms with Gasteiger partial charge in [-0.1, -0.05) is 24.3 Å². The van der Waals surface area contributed by atoms with Crippen molar-refractivity contribution < 1.29 is 4.79 Å². The summed E-state index contributed by atoms with van der Waals surface area (Å²) in [5.74, 6) is 1.33. The second-order valence-electron chi connectivity index (χ2n) is 5.98. The van der Waals surface area contributed by atoms with Crippen molar-refractivity contribution in [1.29, 1.82) is 0 Å². The van der Waals surface area contributed by atoms with Gasteiger partial charge in [-0.05, 0) is 18.9 Å². The molecule has 0 spiro atoms. The summed E-state index contributed by atoms with van der Waals surface area (Å²) in [5.41, 5.74) is 2.96. The van der Waals surface area contributed by atoms with Crippen LogP contribution in [0.1, 0.15) is 28.8 Å². The molecule has 116 valence electrons. The fraction of sp³-hybridized carbons (Fsp3) is 0.333. The molecular formula is C18H18N4O. The largest absolute Gasteiger partial charge is 0.341 e. The zero-order valence-corrected chi connectivity index (χ0v) is 12.9. The van der Waals surface area contributed by atoms with E-state index in [1.165, 1.54) is 0 Å². The van der Waals surface area contributed by atoms with Gasteiger partial charge in [-0.25, -0.2) is 9.97 Å². The van der Waals surface area contributed by atoms with E-state index in [1.54, 1.807) is 12.4 Å². The maximum atomic E-state index is 12.0. The number of ketones is 1. The van der Waals surface area contributed by atoms with Crippen LogP contribution in [0, 0.1) is 5.92 Å². The predicted molar refractivity (Wildman–Crippen MR) is 89.1 cm³/mol. The third kappa shape index (κ3) is 2.63. The molecule has 1 fully saturated rings. The molecule has 5 heteroatoms. The molecule has 4 rings (SSSR count). The quantitative estimate of drug-likeness (QED) is 0.855. The number of benzene rings is 1. The van der Waals surface area contributed by atoms with Crippen LogP contribution in [0.4, 0.5) is 5.95 Å². The Balaban J connectivity index is 1.52. The molecule has 0 amide bonds. The molecule has 2 aromatic rings. The number of anilines is 1. The minimum absolute atomic E-state index is 0.125. The molecule has 2 aliphatic rings. The highest BCUT2D eigenvalue weighted by Crippen LogP contribution is 2.28. The molecule has 1 aromatic heterocycles. The summed E-state index contributed by atoms with van der Waals surface area (Å²) in [5, 5.41) is 0. The molecule has 0 unspecified atom stereocenters. The number of carbonyl (C=O) groups excluding carboxylic acids is 1. The third-order valence-corrected chi connectivity index (χ3v) is 4.61. The lowest BCUT2D eigenvalue weighted by molar-refractivity contribution is 0.1000. The molecule has 0 bridgehead atoms. The average molecular weight is 306 g/mol. The monoisotopic (exact) mass is 306 g/mol. The zero-order chi connectivity index (χ0) is 15.6. The van der Waals surface area contributed by atoms with Crippen LogP contribution in [0.2, 0.25) is 0 Å². The minimum atomic E-state index is 0.125. The van der Waals surface area contributed by atoms with Crippen molar-refractivity contribution in [2.75, 3.05) is 24.5 Å². The Morgan fingerprint density at radius 2 is 1.65 bits per heavy atom. The van der Waals surface area contributed by atoms with Crippen LogP contribution in [-0.4, -0.2) is 41.1 Å². The number of Topliss-reactive ketones (excluding diaryl/α,β-unsaturated/α-hetero) is 1. The van der Waals surface area contributed by atoms with Crippen LogP contribution in [0.3, 0.4) is 0 Å². The summed E-state index contributed by atoms with van der Waals surface area (Å²) < 4.78 is 0. The number of hydrogen-bond acceptors (Lipinski definition) is 5. The maximum Gasteiger partial charge on any atom is 0.225 e. The van der Waals surface area contributed by atoms with Gasteiger partial charge in [0.05, 0.1) is 0 Å². The van der Waals surface area contributed by atoms with Gasteiger partial charge in [0.1, 0.15) is 6.54 Å². The van der Waals surface area contributed by atoms with Gasteiger partial charge in [0, 0.05) is 48.2 Å². The van der Waals surface area contributed by atoms with Gasteiger partial charge in [-0.2, -0.15) is 0 Å². The number of aliphatic imine (C=N–C) groups is 1. The lowest BCUT2D eigenvalue weighted by Gasteiger charge is -2.33. The van der Waals surface area contributed by atoms with Gasteiger partial charge in [-0.15, -0.1) is 0 Å². The molecule has 1 saturated heterocycles. The highest BCUT2D eigenvalue weighted by molar-refractivity contribution is 6.16. The van der Waals surface area contributed by atoms with Crippen LogP contribution in [0.15, 0.2) is 47.7 Å². The van der Waals surface area contributed by atoms with Crippen molar-refractivity contribution in [3.8, 4) is 0 Å². The van der Waals surface area contributed by atoms with Crippen molar-refractivity contribution in [1.82, 2.24) is 9.97 Å². The summed E-state index contributed by atoms with van der Waals surface area (Å²) in [7, 11) is 0.